The van der Waals surface area contributed by atoms with E-state index in [0.717, 1.165) is 6.07 Å². The number of carbonyl (C=O) groups is 2. The average molecular weight is 295 g/mol. The molecule has 2 N–H and O–H groups in total. The Morgan fingerprint density at radius 3 is 2.55 bits per heavy atom. The first-order valence-corrected chi connectivity index (χ1v) is 5.82. The Bertz CT molecular complexity index is 691. The molecule has 0 fully saturated rings. The molecule has 0 spiro atoms. The third-order valence-electron chi connectivity index (χ3n) is 2.38. The van der Waals surface area contributed by atoms with Crippen molar-refractivity contribution in [3.8, 4) is 0 Å². The van der Waals surface area contributed by atoms with Gasteiger partial charge in [-0.25, -0.2) is 14.2 Å². The highest BCUT2D eigenvalue weighted by Crippen LogP contribution is 2.19. The normalized spacial score (nSPS) is 10.1. The van der Waals surface area contributed by atoms with Gasteiger partial charge < -0.3 is 10.4 Å². The van der Waals surface area contributed by atoms with E-state index in [0.29, 0.717) is 0 Å². The second kappa shape index (κ2) is 5.66. The maximum Gasteiger partial charge on any atom is 0.354 e. The largest absolute Gasteiger partial charge is 0.477 e. The summed E-state index contributed by atoms with van der Waals surface area (Å²) in [5, 5.41) is 11.3. The summed E-state index contributed by atoms with van der Waals surface area (Å²) in [6.45, 7) is 0. The van der Waals surface area contributed by atoms with Crippen LogP contribution in [0.1, 0.15) is 21.0 Å². The van der Waals surface area contributed by atoms with E-state index in [9.17, 15) is 14.0 Å². The third kappa shape index (κ3) is 3.10. The maximum absolute atomic E-state index is 13.5. The van der Waals surface area contributed by atoms with Crippen LogP contribution in [0, 0.1) is 5.82 Å². The lowest BCUT2D eigenvalue weighted by Crippen LogP contribution is -2.16. The highest BCUT2D eigenvalue weighted by Gasteiger charge is 2.13. The minimum atomic E-state index is -1.25. The van der Waals surface area contributed by atoms with Crippen LogP contribution < -0.4 is 5.32 Å². The lowest BCUT2D eigenvalue weighted by Gasteiger charge is -2.06. The molecule has 1 aromatic heterocycles. The number of carboxylic acid groups (broad SMARTS) is 1. The number of hydrogen-bond donors (Lipinski definition) is 2. The average Bonchev–Trinajstić information content (AvgIpc) is 2.42. The Morgan fingerprint density at radius 1 is 1.20 bits per heavy atom. The van der Waals surface area contributed by atoms with Crippen LogP contribution in [0.4, 0.5) is 10.1 Å². The van der Waals surface area contributed by atoms with Gasteiger partial charge in [-0.2, -0.15) is 0 Å². The van der Waals surface area contributed by atoms with Crippen LogP contribution in [0.15, 0.2) is 36.4 Å². The van der Waals surface area contributed by atoms with E-state index in [1.54, 1.807) is 0 Å². The number of nitrogens with zero attached hydrogens (tertiary/aromatic N) is 1. The summed E-state index contributed by atoms with van der Waals surface area (Å²) in [4.78, 5) is 26.3. The topological polar surface area (TPSA) is 79.3 Å². The van der Waals surface area contributed by atoms with Crippen LogP contribution in [-0.2, 0) is 0 Å². The highest BCUT2D eigenvalue weighted by atomic mass is 35.5. The van der Waals surface area contributed by atoms with Crippen molar-refractivity contribution in [1.29, 1.82) is 0 Å². The zero-order chi connectivity index (χ0) is 14.7. The summed E-state index contributed by atoms with van der Waals surface area (Å²) in [6, 6.07) is 7.73. The number of rotatable bonds is 3. The lowest BCUT2D eigenvalue weighted by atomic mass is 10.2. The van der Waals surface area contributed by atoms with Gasteiger partial charge in [-0.3, -0.25) is 4.79 Å². The number of halogens is 2. The summed E-state index contributed by atoms with van der Waals surface area (Å²) in [6.07, 6.45) is 0. The number of nitrogens with one attached hydrogen (secondary N) is 1. The van der Waals surface area contributed by atoms with E-state index in [1.807, 2.05) is 0 Å². The van der Waals surface area contributed by atoms with Crippen LogP contribution >= 0.6 is 11.6 Å². The lowest BCUT2D eigenvalue weighted by molar-refractivity contribution is 0.0690. The molecule has 2 aromatic rings. The zero-order valence-electron chi connectivity index (χ0n) is 9.93. The summed E-state index contributed by atoms with van der Waals surface area (Å²) in [5.74, 6) is -2.66. The first kappa shape index (κ1) is 14.0. The quantitative estimate of drug-likeness (QED) is 0.912. The molecule has 1 aromatic carbocycles. The van der Waals surface area contributed by atoms with Gasteiger partial charge >= 0.3 is 5.97 Å². The molecule has 0 radical (unpaired) electrons. The Morgan fingerprint density at radius 2 is 1.90 bits per heavy atom. The fourth-order valence-electron chi connectivity index (χ4n) is 1.46. The third-order valence-corrected chi connectivity index (χ3v) is 2.62. The number of hydrogen-bond acceptors (Lipinski definition) is 3. The maximum atomic E-state index is 13.5. The van der Waals surface area contributed by atoms with Crippen LogP contribution in [0.25, 0.3) is 0 Å². The molecule has 0 aliphatic rings. The van der Waals surface area contributed by atoms with E-state index in [-0.39, 0.29) is 22.1 Å². The van der Waals surface area contributed by atoms with E-state index >= 15 is 0 Å². The van der Waals surface area contributed by atoms with E-state index in [1.165, 1.54) is 30.3 Å². The summed E-state index contributed by atoms with van der Waals surface area (Å²) in [7, 11) is 0. The fourth-order valence-corrected chi connectivity index (χ4v) is 1.62. The molecule has 0 saturated carbocycles. The Hall–Kier alpha value is -2.47. The second-order valence-electron chi connectivity index (χ2n) is 3.79. The van der Waals surface area contributed by atoms with Crippen molar-refractivity contribution in [2.75, 3.05) is 5.32 Å². The van der Waals surface area contributed by atoms with Crippen LogP contribution in [0.5, 0.6) is 0 Å². The summed E-state index contributed by atoms with van der Waals surface area (Å²) < 4.78 is 13.5. The molecule has 0 saturated heterocycles. The molecular weight excluding hydrogens is 287 g/mol. The van der Waals surface area contributed by atoms with Crippen molar-refractivity contribution in [1.82, 2.24) is 4.98 Å². The summed E-state index contributed by atoms with van der Waals surface area (Å²) >= 11 is 5.60. The molecule has 7 heteroatoms. The number of amides is 1. The van der Waals surface area contributed by atoms with E-state index < -0.39 is 17.7 Å². The Kier molecular flexibility index (Phi) is 3.95. The van der Waals surface area contributed by atoms with Crippen molar-refractivity contribution in [3.63, 3.8) is 0 Å². The molecule has 102 valence electrons. The van der Waals surface area contributed by atoms with E-state index in [4.69, 9.17) is 16.7 Å². The Balaban J connectivity index is 2.24. The molecule has 2 rings (SSSR count). The smallest absolute Gasteiger partial charge is 0.354 e. The minimum Gasteiger partial charge on any atom is -0.477 e. The molecule has 1 heterocycles. The van der Waals surface area contributed by atoms with Crippen LogP contribution in [-0.4, -0.2) is 22.0 Å². The predicted octanol–water partition coefficient (Wildman–Crippen LogP) is 2.82. The first-order valence-electron chi connectivity index (χ1n) is 5.44. The molecular formula is C13H8ClFN2O3. The molecule has 5 nitrogen and oxygen atoms in total. The number of benzene rings is 1. The molecule has 0 unspecified atom stereocenters. The molecule has 1 amide bonds. The number of pyridine rings is 1. The van der Waals surface area contributed by atoms with Gasteiger partial charge in [0.2, 0.25) is 0 Å². The summed E-state index contributed by atoms with van der Waals surface area (Å²) in [5.41, 5.74) is -0.463. The zero-order valence-corrected chi connectivity index (χ0v) is 10.7. The molecule has 0 bridgehead atoms. The number of carbonyl (C=O) groups excluding carboxylic acids is 1. The number of aromatic nitrogens is 1. The van der Waals surface area contributed by atoms with Crippen molar-refractivity contribution in [2.45, 2.75) is 0 Å². The van der Waals surface area contributed by atoms with Crippen molar-refractivity contribution in [2.24, 2.45) is 0 Å². The van der Waals surface area contributed by atoms with Crippen molar-refractivity contribution in [3.05, 3.63) is 58.6 Å². The van der Waals surface area contributed by atoms with Gasteiger partial charge in [0.25, 0.3) is 5.91 Å². The molecule has 0 atom stereocenters. The van der Waals surface area contributed by atoms with Gasteiger partial charge in [-0.1, -0.05) is 17.7 Å². The van der Waals surface area contributed by atoms with Crippen LogP contribution in [0.2, 0.25) is 5.02 Å². The van der Waals surface area contributed by atoms with Gasteiger partial charge in [-0.05, 0) is 30.3 Å². The number of aromatic carboxylic acids is 1. The van der Waals surface area contributed by atoms with Crippen LogP contribution in [0.3, 0.4) is 0 Å². The van der Waals surface area contributed by atoms with Gasteiger partial charge in [-0.15, -0.1) is 0 Å². The molecule has 20 heavy (non-hydrogen) atoms. The standard InChI is InChI=1S/C13H8ClFN2O3/c14-7-4-5-9(8(15)6-7)17-12(18)10-2-1-3-11(16-10)13(19)20/h1-6H,(H,17,18)(H,19,20). The van der Waals surface area contributed by atoms with Gasteiger partial charge in [0.15, 0.2) is 0 Å². The van der Waals surface area contributed by atoms with Crippen molar-refractivity contribution >= 4 is 29.2 Å². The molecule has 0 aliphatic carbocycles. The highest BCUT2D eigenvalue weighted by molar-refractivity contribution is 6.30. The van der Waals surface area contributed by atoms with E-state index in [2.05, 4.69) is 10.3 Å². The monoisotopic (exact) mass is 294 g/mol. The second-order valence-corrected chi connectivity index (χ2v) is 4.23. The number of anilines is 1. The molecule has 0 aliphatic heterocycles. The number of carboxylic acids is 1. The van der Waals surface area contributed by atoms with Crippen molar-refractivity contribution < 1.29 is 19.1 Å². The van der Waals surface area contributed by atoms with Gasteiger partial charge in [0, 0.05) is 5.02 Å². The SMILES string of the molecule is O=C(O)c1cccc(C(=O)Nc2ccc(Cl)cc2F)n1. The van der Waals surface area contributed by atoms with Gasteiger partial charge in [0.05, 0.1) is 5.69 Å². The minimum absolute atomic E-state index is 0.0677. The predicted molar refractivity (Wildman–Crippen MR) is 70.6 cm³/mol. The van der Waals surface area contributed by atoms with Gasteiger partial charge in [0.1, 0.15) is 17.2 Å². The first-order chi connectivity index (χ1) is 9.47. The fraction of sp³-hybridized carbons (Fsp3) is 0. The Labute approximate surface area is 118 Å².